The summed E-state index contributed by atoms with van der Waals surface area (Å²) in [6.07, 6.45) is -3.66. The summed E-state index contributed by atoms with van der Waals surface area (Å²) in [6, 6.07) is 0. The van der Waals surface area contributed by atoms with Crippen molar-refractivity contribution in [3.8, 4) is 0 Å². The van der Waals surface area contributed by atoms with Gasteiger partial charge in [-0.15, -0.1) is 0 Å². The first-order valence-corrected chi connectivity index (χ1v) is 6.60. The van der Waals surface area contributed by atoms with Gasteiger partial charge in [0.05, 0.1) is 0 Å². The Balaban J connectivity index is 1.82. The Kier molecular flexibility index (Phi) is 3.94. The lowest BCUT2D eigenvalue weighted by Crippen LogP contribution is -2.52. The highest BCUT2D eigenvalue weighted by molar-refractivity contribution is 5.68. The first kappa shape index (κ1) is 14.4. The van der Waals surface area contributed by atoms with Crippen LogP contribution in [0.5, 0.6) is 0 Å². The molecule has 2 heterocycles. The Bertz CT molecular complexity index is 330. The first-order valence-electron chi connectivity index (χ1n) is 6.60. The SMILES string of the molecule is CC(OC(=O)N1CCC2(CCCN2)CC1)C(F)(F)F. The molecule has 0 aromatic carbocycles. The smallest absolute Gasteiger partial charge is 0.425 e. The third kappa shape index (κ3) is 3.32. The van der Waals surface area contributed by atoms with Gasteiger partial charge in [0.2, 0.25) is 0 Å². The average molecular weight is 280 g/mol. The zero-order valence-corrected chi connectivity index (χ0v) is 10.9. The topological polar surface area (TPSA) is 41.6 Å². The highest BCUT2D eigenvalue weighted by Gasteiger charge is 2.42. The molecule has 2 fully saturated rings. The molecule has 19 heavy (non-hydrogen) atoms. The van der Waals surface area contributed by atoms with Crippen LogP contribution >= 0.6 is 0 Å². The van der Waals surface area contributed by atoms with Gasteiger partial charge >= 0.3 is 12.3 Å². The molecule has 1 amide bonds. The van der Waals surface area contributed by atoms with Crippen molar-refractivity contribution in [1.82, 2.24) is 10.2 Å². The Labute approximate surface area is 110 Å². The maximum absolute atomic E-state index is 12.3. The van der Waals surface area contributed by atoms with Crippen LogP contribution < -0.4 is 5.32 Å². The Hall–Kier alpha value is -0.980. The molecule has 110 valence electrons. The summed E-state index contributed by atoms with van der Waals surface area (Å²) in [5.41, 5.74) is 0.0897. The second-order valence-electron chi connectivity index (χ2n) is 5.37. The van der Waals surface area contributed by atoms with E-state index in [0.29, 0.717) is 13.1 Å². The van der Waals surface area contributed by atoms with E-state index in [-0.39, 0.29) is 5.54 Å². The van der Waals surface area contributed by atoms with Gasteiger partial charge in [0.15, 0.2) is 6.10 Å². The number of hydrogen-bond donors (Lipinski definition) is 1. The van der Waals surface area contributed by atoms with E-state index in [4.69, 9.17) is 0 Å². The molecule has 2 rings (SSSR count). The molecule has 1 atom stereocenters. The van der Waals surface area contributed by atoms with Crippen LogP contribution in [0.15, 0.2) is 0 Å². The lowest BCUT2D eigenvalue weighted by atomic mass is 9.86. The summed E-state index contributed by atoms with van der Waals surface area (Å²) < 4.78 is 41.4. The van der Waals surface area contributed by atoms with Gasteiger partial charge in [-0.25, -0.2) is 4.79 Å². The number of nitrogens with one attached hydrogen (secondary N) is 1. The number of piperidine rings is 1. The highest BCUT2D eigenvalue weighted by atomic mass is 19.4. The van der Waals surface area contributed by atoms with Crippen molar-refractivity contribution in [3.63, 3.8) is 0 Å². The van der Waals surface area contributed by atoms with E-state index in [2.05, 4.69) is 10.1 Å². The number of carbonyl (C=O) groups excluding carboxylic acids is 1. The number of nitrogens with zero attached hydrogens (tertiary/aromatic N) is 1. The molecule has 0 radical (unpaired) electrons. The average Bonchev–Trinajstić information content (AvgIpc) is 2.77. The molecule has 1 unspecified atom stereocenters. The molecular weight excluding hydrogens is 261 g/mol. The van der Waals surface area contributed by atoms with E-state index in [1.54, 1.807) is 0 Å². The van der Waals surface area contributed by atoms with E-state index in [1.807, 2.05) is 0 Å². The molecule has 1 spiro atoms. The monoisotopic (exact) mass is 280 g/mol. The Morgan fingerprint density at radius 1 is 1.32 bits per heavy atom. The van der Waals surface area contributed by atoms with Crippen LogP contribution in [0.3, 0.4) is 0 Å². The van der Waals surface area contributed by atoms with Gasteiger partial charge in [0, 0.05) is 18.6 Å². The van der Waals surface area contributed by atoms with Gasteiger partial charge in [-0.3, -0.25) is 0 Å². The predicted octanol–water partition coefficient (Wildman–Crippen LogP) is 2.29. The van der Waals surface area contributed by atoms with Gasteiger partial charge in [0.1, 0.15) is 0 Å². The molecule has 2 saturated heterocycles. The minimum absolute atomic E-state index is 0.0897. The number of rotatable bonds is 1. The molecule has 0 aromatic heterocycles. The zero-order chi connectivity index (χ0) is 14.1. The van der Waals surface area contributed by atoms with Crippen molar-refractivity contribution < 1.29 is 22.7 Å². The van der Waals surface area contributed by atoms with E-state index >= 15 is 0 Å². The van der Waals surface area contributed by atoms with Crippen LogP contribution in [-0.2, 0) is 4.74 Å². The molecule has 2 aliphatic rings. The van der Waals surface area contributed by atoms with Crippen molar-refractivity contribution in [2.24, 2.45) is 0 Å². The van der Waals surface area contributed by atoms with Crippen molar-refractivity contribution >= 4 is 6.09 Å². The lowest BCUT2D eigenvalue weighted by Gasteiger charge is -2.39. The molecule has 1 N–H and O–H groups in total. The largest absolute Gasteiger partial charge is 0.437 e. The fourth-order valence-electron chi connectivity index (χ4n) is 2.71. The summed E-state index contributed by atoms with van der Waals surface area (Å²) in [5.74, 6) is 0. The molecule has 0 aromatic rings. The van der Waals surface area contributed by atoms with E-state index < -0.39 is 18.4 Å². The Morgan fingerprint density at radius 3 is 2.42 bits per heavy atom. The van der Waals surface area contributed by atoms with Gasteiger partial charge < -0.3 is 15.0 Å². The van der Waals surface area contributed by atoms with E-state index in [9.17, 15) is 18.0 Å². The molecule has 0 aliphatic carbocycles. The van der Waals surface area contributed by atoms with Crippen LogP contribution in [0.1, 0.15) is 32.6 Å². The third-order valence-corrected chi connectivity index (χ3v) is 4.05. The number of halogens is 3. The van der Waals surface area contributed by atoms with Crippen LogP contribution in [0.25, 0.3) is 0 Å². The second kappa shape index (κ2) is 5.19. The van der Waals surface area contributed by atoms with Crippen LogP contribution in [0.4, 0.5) is 18.0 Å². The van der Waals surface area contributed by atoms with Crippen LogP contribution in [-0.4, -0.2) is 48.4 Å². The van der Waals surface area contributed by atoms with Crippen LogP contribution in [0, 0.1) is 0 Å². The fourth-order valence-corrected chi connectivity index (χ4v) is 2.71. The summed E-state index contributed by atoms with van der Waals surface area (Å²) in [6.45, 7) is 2.74. The minimum Gasteiger partial charge on any atom is -0.437 e. The summed E-state index contributed by atoms with van der Waals surface area (Å²) in [7, 11) is 0. The summed E-state index contributed by atoms with van der Waals surface area (Å²) in [5, 5.41) is 3.44. The minimum atomic E-state index is -4.50. The fraction of sp³-hybridized carbons (Fsp3) is 0.917. The van der Waals surface area contributed by atoms with Crippen molar-refractivity contribution in [2.45, 2.75) is 50.4 Å². The maximum atomic E-state index is 12.3. The third-order valence-electron chi connectivity index (χ3n) is 4.05. The second-order valence-corrected chi connectivity index (χ2v) is 5.37. The number of hydrogen-bond acceptors (Lipinski definition) is 3. The zero-order valence-electron chi connectivity index (χ0n) is 10.9. The summed E-state index contributed by atoms with van der Waals surface area (Å²) >= 11 is 0. The predicted molar refractivity (Wildman–Crippen MR) is 62.8 cm³/mol. The maximum Gasteiger partial charge on any atom is 0.425 e. The van der Waals surface area contributed by atoms with Gasteiger partial charge in [0.25, 0.3) is 0 Å². The number of ether oxygens (including phenoxy) is 1. The number of amides is 1. The van der Waals surface area contributed by atoms with Gasteiger partial charge in [-0.2, -0.15) is 13.2 Å². The molecular formula is C12H19F3N2O2. The standard InChI is InChI=1S/C12H19F3N2O2/c1-9(12(13,14)15)19-10(18)17-7-4-11(5-8-17)3-2-6-16-11/h9,16H,2-8H2,1H3. The van der Waals surface area contributed by atoms with E-state index in [1.165, 1.54) is 4.90 Å². The normalized spacial score (nSPS) is 24.5. The number of likely N-dealkylation sites (tertiary alicyclic amines) is 1. The summed E-state index contributed by atoms with van der Waals surface area (Å²) in [4.78, 5) is 13.0. The highest BCUT2D eigenvalue weighted by Crippen LogP contribution is 2.31. The van der Waals surface area contributed by atoms with Crippen LogP contribution in [0.2, 0.25) is 0 Å². The molecule has 0 saturated carbocycles. The lowest BCUT2D eigenvalue weighted by molar-refractivity contribution is -0.200. The van der Waals surface area contributed by atoms with Crippen molar-refractivity contribution in [2.75, 3.05) is 19.6 Å². The number of alkyl halides is 3. The number of carbonyl (C=O) groups is 1. The van der Waals surface area contributed by atoms with Gasteiger partial charge in [-0.05, 0) is 39.2 Å². The first-order chi connectivity index (χ1) is 8.82. The Morgan fingerprint density at radius 2 is 1.95 bits per heavy atom. The molecule has 0 bridgehead atoms. The molecule has 2 aliphatic heterocycles. The van der Waals surface area contributed by atoms with E-state index in [0.717, 1.165) is 39.2 Å². The molecule has 4 nitrogen and oxygen atoms in total. The van der Waals surface area contributed by atoms with Crippen molar-refractivity contribution in [3.05, 3.63) is 0 Å². The van der Waals surface area contributed by atoms with Crippen molar-refractivity contribution in [1.29, 1.82) is 0 Å². The quantitative estimate of drug-likeness (QED) is 0.801. The molecule has 7 heteroatoms. The van der Waals surface area contributed by atoms with Gasteiger partial charge in [-0.1, -0.05) is 0 Å².